The predicted molar refractivity (Wildman–Crippen MR) is 73.2 cm³/mol. The lowest BCUT2D eigenvalue weighted by atomic mass is 9.95. The Morgan fingerprint density at radius 1 is 1.17 bits per heavy atom. The zero-order valence-corrected chi connectivity index (χ0v) is 11.5. The van der Waals surface area contributed by atoms with Gasteiger partial charge in [-0.05, 0) is 30.5 Å². The van der Waals surface area contributed by atoms with E-state index >= 15 is 0 Å². The van der Waals surface area contributed by atoms with Crippen molar-refractivity contribution in [2.45, 2.75) is 18.8 Å². The van der Waals surface area contributed by atoms with Crippen LogP contribution in [0.4, 0.5) is 0 Å². The van der Waals surface area contributed by atoms with Gasteiger partial charge in [0, 0.05) is 31.3 Å². The Labute approximate surface area is 114 Å². The van der Waals surface area contributed by atoms with E-state index in [0.717, 1.165) is 23.4 Å². The van der Waals surface area contributed by atoms with Crippen LogP contribution in [-0.4, -0.2) is 38.6 Å². The minimum atomic E-state index is 0.152. The van der Waals surface area contributed by atoms with Crippen LogP contribution in [0.1, 0.15) is 24.3 Å². The monoisotopic (exact) mass is 272 g/mol. The predicted octanol–water partition coefficient (Wildman–Crippen LogP) is 2.86. The van der Waals surface area contributed by atoms with Gasteiger partial charge in [0.15, 0.2) is 0 Å². The highest BCUT2D eigenvalue weighted by molar-refractivity contribution is 6.30. The fourth-order valence-corrected chi connectivity index (χ4v) is 1.90. The van der Waals surface area contributed by atoms with Crippen molar-refractivity contribution in [3.8, 4) is 0 Å². The van der Waals surface area contributed by atoms with Crippen molar-refractivity contribution in [1.82, 2.24) is 0 Å². The third-order valence-corrected chi connectivity index (χ3v) is 3.09. The van der Waals surface area contributed by atoms with Gasteiger partial charge in [-0.1, -0.05) is 23.7 Å². The van der Waals surface area contributed by atoms with E-state index in [1.54, 1.807) is 7.11 Å². The molecule has 0 amide bonds. The summed E-state index contributed by atoms with van der Waals surface area (Å²) in [5, 5.41) is 10.1. The quantitative estimate of drug-likeness (QED) is 0.703. The lowest BCUT2D eigenvalue weighted by Crippen LogP contribution is -2.07. The number of hydrogen-bond acceptors (Lipinski definition) is 3. The molecule has 0 saturated heterocycles. The summed E-state index contributed by atoms with van der Waals surface area (Å²) < 4.78 is 10.3. The number of halogens is 1. The van der Waals surface area contributed by atoms with Crippen molar-refractivity contribution < 1.29 is 14.6 Å². The third-order valence-electron chi connectivity index (χ3n) is 2.83. The molecular formula is C14H21ClO3. The molecule has 1 aromatic rings. The summed E-state index contributed by atoms with van der Waals surface area (Å²) in [6.45, 7) is 2.11. The number of methoxy groups -OCH3 is 1. The molecule has 0 spiro atoms. The highest BCUT2D eigenvalue weighted by Crippen LogP contribution is 2.22. The molecule has 3 nitrogen and oxygen atoms in total. The number of rotatable bonds is 9. The van der Waals surface area contributed by atoms with Crippen molar-refractivity contribution in [2.75, 3.05) is 33.5 Å². The molecule has 0 radical (unpaired) electrons. The van der Waals surface area contributed by atoms with Gasteiger partial charge in [0.05, 0.1) is 13.2 Å². The standard InChI is InChI=1S/C14H21ClO3/c1-17-9-10-18-8-2-3-13(11-16)12-4-6-14(15)7-5-12/h4-7,13,16H,2-3,8-11H2,1H3. The summed E-state index contributed by atoms with van der Waals surface area (Å²) >= 11 is 5.84. The van der Waals surface area contributed by atoms with E-state index in [9.17, 15) is 5.11 Å². The zero-order valence-electron chi connectivity index (χ0n) is 10.8. The number of hydrogen-bond donors (Lipinski definition) is 1. The van der Waals surface area contributed by atoms with Gasteiger partial charge in [0.2, 0.25) is 0 Å². The maximum absolute atomic E-state index is 9.40. The van der Waals surface area contributed by atoms with Crippen LogP contribution < -0.4 is 0 Å². The van der Waals surface area contributed by atoms with E-state index in [2.05, 4.69) is 0 Å². The molecule has 0 heterocycles. The van der Waals surface area contributed by atoms with Crippen LogP contribution in [0.3, 0.4) is 0 Å². The largest absolute Gasteiger partial charge is 0.396 e. The lowest BCUT2D eigenvalue weighted by molar-refractivity contribution is 0.0673. The van der Waals surface area contributed by atoms with E-state index in [4.69, 9.17) is 21.1 Å². The van der Waals surface area contributed by atoms with Crippen LogP contribution in [0.5, 0.6) is 0 Å². The molecule has 1 rings (SSSR count). The average Bonchev–Trinajstić information content (AvgIpc) is 2.39. The SMILES string of the molecule is COCCOCCCC(CO)c1ccc(Cl)cc1. The highest BCUT2D eigenvalue weighted by Gasteiger charge is 2.09. The number of aliphatic hydroxyl groups excluding tert-OH is 1. The van der Waals surface area contributed by atoms with Crippen molar-refractivity contribution in [3.63, 3.8) is 0 Å². The summed E-state index contributed by atoms with van der Waals surface area (Å²) in [6.07, 6.45) is 1.84. The zero-order chi connectivity index (χ0) is 13.2. The van der Waals surface area contributed by atoms with Gasteiger partial charge in [-0.25, -0.2) is 0 Å². The fourth-order valence-electron chi connectivity index (χ4n) is 1.77. The second-order valence-electron chi connectivity index (χ2n) is 4.18. The van der Waals surface area contributed by atoms with Crippen molar-refractivity contribution >= 4 is 11.6 Å². The van der Waals surface area contributed by atoms with Crippen molar-refractivity contribution in [3.05, 3.63) is 34.9 Å². The van der Waals surface area contributed by atoms with Gasteiger partial charge in [-0.2, -0.15) is 0 Å². The molecule has 1 unspecified atom stereocenters. The van der Waals surface area contributed by atoms with Gasteiger partial charge in [0.25, 0.3) is 0 Å². The molecule has 0 aliphatic carbocycles. The van der Waals surface area contributed by atoms with Crippen LogP contribution in [0.2, 0.25) is 5.02 Å². The summed E-state index contributed by atoms with van der Waals surface area (Å²) in [6, 6.07) is 7.65. The van der Waals surface area contributed by atoms with Gasteiger partial charge < -0.3 is 14.6 Å². The number of ether oxygens (including phenoxy) is 2. The maximum atomic E-state index is 9.40. The molecular weight excluding hydrogens is 252 g/mol. The molecule has 1 aromatic carbocycles. The maximum Gasteiger partial charge on any atom is 0.0700 e. The van der Waals surface area contributed by atoms with Crippen molar-refractivity contribution in [1.29, 1.82) is 0 Å². The van der Waals surface area contributed by atoms with Gasteiger partial charge in [-0.15, -0.1) is 0 Å². The highest BCUT2D eigenvalue weighted by atomic mass is 35.5. The summed E-state index contributed by atoms with van der Waals surface area (Å²) in [4.78, 5) is 0. The molecule has 18 heavy (non-hydrogen) atoms. The molecule has 0 saturated carbocycles. The number of aliphatic hydroxyl groups is 1. The first-order valence-corrected chi connectivity index (χ1v) is 6.58. The second kappa shape index (κ2) is 9.34. The first-order chi connectivity index (χ1) is 8.77. The first-order valence-electron chi connectivity index (χ1n) is 6.21. The van der Waals surface area contributed by atoms with Gasteiger partial charge in [-0.3, -0.25) is 0 Å². The fraction of sp³-hybridized carbons (Fsp3) is 0.571. The van der Waals surface area contributed by atoms with E-state index in [0.29, 0.717) is 19.8 Å². The minimum Gasteiger partial charge on any atom is -0.396 e. The summed E-state index contributed by atoms with van der Waals surface area (Å²) in [7, 11) is 1.66. The Kier molecular flexibility index (Phi) is 8.01. The minimum absolute atomic E-state index is 0.152. The molecule has 4 heteroatoms. The van der Waals surface area contributed by atoms with E-state index in [1.807, 2.05) is 24.3 Å². The Hall–Kier alpha value is -0.610. The molecule has 0 aromatic heterocycles. The van der Waals surface area contributed by atoms with Crippen LogP contribution in [0.15, 0.2) is 24.3 Å². The Morgan fingerprint density at radius 2 is 1.89 bits per heavy atom. The lowest BCUT2D eigenvalue weighted by Gasteiger charge is -2.14. The molecule has 1 N–H and O–H groups in total. The van der Waals surface area contributed by atoms with Crippen LogP contribution >= 0.6 is 11.6 Å². The van der Waals surface area contributed by atoms with Gasteiger partial charge >= 0.3 is 0 Å². The average molecular weight is 273 g/mol. The Morgan fingerprint density at radius 3 is 2.50 bits per heavy atom. The van der Waals surface area contributed by atoms with Crippen LogP contribution in [0.25, 0.3) is 0 Å². The number of benzene rings is 1. The first kappa shape index (κ1) is 15.4. The topological polar surface area (TPSA) is 38.7 Å². The molecule has 102 valence electrons. The van der Waals surface area contributed by atoms with E-state index < -0.39 is 0 Å². The molecule has 0 aliphatic heterocycles. The molecule has 0 aliphatic rings. The van der Waals surface area contributed by atoms with E-state index in [-0.39, 0.29) is 12.5 Å². The third kappa shape index (κ3) is 5.83. The Balaban J connectivity index is 2.27. The smallest absolute Gasteiger partial charge is 0.0700 e. The molecule has 0 fully saturated rings. The van der Waals surface area contributed by atoms with E-state index in [1.165, 1.54) is 0 Å². The molecule has 1 atom stereocenters. The normalized spacial score (nSPS) is 12.6. The summed E-state index contributed by atoms with van der Waals surface area (Å²) in [5.74, 6) is 0.160. The Bertz CT molecular complexity index is 313. The summed E-state index contributed by atoms with van der Waals surface area (Å²) in [5.41, 5.74) is 1.12. The van der Waals surface area contributed by atoms with Crippen molar-refractivity contribution in [2.24, 2.45) is 0 Å². The van der Waals surface area contributed by atoms with Gasteiger partial charge in [0.1, 0.15) is 0 Å². The second-order valence-corrected chi connectivity index (χ2v) is 4.61. The van der Waals surface area contributed by atoms with Crippen LogP contribution in [-0.2, 0) is 9.47 Å². The van der Waals surface area contributed by atoms with Crippen LogP contribution in [0, 0.1) is 0 Å². The molecule has 0 bridgehead atoms.